The predicted molar refractivity (Wildman–Crippen MR) is 118 cm³/mol. The lowest BCUT2D eigenvalue weighted by atomic mass is 10.1. The Morgan fingerprint density at radius 1 is 1.00 bits per heavy atom. The SMILES string of the molecule is COc1ccc(OC)c(N(CC(=O)N[C@H](C)c2ccc(S(C)(=O)=O)cc2)S(C)(=O)=O)c1. The van der Waals surface area contributed by atoms with Crippen LogP contribution in [0.1, 0.15) is 18.5 Å². The zero-order valence-corrected chi connectivity index (χ0v) is 19.6. The molecule has 0 heterocycles. The van der Waals surface area contributed by atoms with Crippen LogP contribution in [0.15, 0.2) is 47.4 Å². The van der Waals surface area contributed by atoms with Gasteiger partial charge in [-0.15, -0.1) is 0 Å². The molecule has 1 amide bonds. The van der Waals surface area contributed by atoms with Crippen LogP contribution in [0.3, 0.4) is 0 Å². The summed E-state index contributed by atoms with van der Waals surface area (Å²) in [5.74, 6) is 0.127. The summed E-state index contributed by atoms with van der Waals surface area (Å²) < 4.78 is 59.3. The number of rotatable bonds is 9. The maximum atomic E-state index is 12.7. The van der Waals surface area contributed by atoms with Gasteiger partial charge in [-0.05, 0) is 36.8 Å². The van der Waals surface area contributed by atoms with E-state index in [0.717, 1.165) is 16.8 Å². The minimum absolute atomic E-state index is 0.170. The number of methoxy groups -OCH3 is 2. The Balaban J connectivity index is 2.24. The van der Waals surface area contributed by atoms with Crippen LogP contribution in [-0.2, 0) is 24.7 Å². The van der Waals surface area contributed by atoms with Crippen LogP contribution in [0, 0.1) is 0 Å². The van der Waals surface area contributed by atoms with Gasteiger partial charge in [0.25, 0.3) is 0 Å². The van der Waals surface area contributed by atoms with Crippen molar-refractivity contribution in [2.24, 2.45) is 0 Å². The highest BCUT2D eigenvalue weighted by molar-refractivity contribution is 7.92. The number of sulfone groups is 1. The van der Waals surface area contributed by atoms with Crippen molar-refractivity contribution in [3.8, 4) is 11.5 Å². The molecule has 1 N–H and O–H groups in total. The third-order valence-electron chi connectivity index (χ3n) is 4.53. The average molecular weight is 471 g/mol. The van der Waals surface area contributed by atoms with Crippen LogP contribution in [-0.4, -0.2) is 56.0 Å². The number of nitrogens with zero attached hydrogens (tertiary/aromatic N) is 1. The number of nitrogens with one attached hydrogen (secondary N) is 1. The molecule has 31 heavy (non-hydrogen) atoms. The molecule has 2 aromatic carbocycles. The molecule has 2 aromatic rings. The number of benzene rings is 2. The first-order valence-corrected chi connectivity index (χ1v) is 12.9. The third-order valence-corrected chi connectivity index (χ3v) is 6.78. The lowest BCUT2D eigenvalue weighted by molar-refractivity contribution is -0.120. The topological polar surface area (TPSA) is 119 Å². The molecule has 0 aliphatic heterocycles. The highest BCUT2D eigenvalue weighted by atomic mass is 32.2. The van der Waals surface area contributed by atoms with Crippen molar-refractivity contribution < 1.29 is 31.1 Å². The van der Waals surface area contributed by atoms with Crippen LogP contribution in [0.25, 0.3) is 0 Å². The maximum Gasteiger partial charge on any atom is 0.241 e. The van der Waals surface area contributed by atoms with E-state index in [4.69, 9.17) is 9.47 Å². The van der Waals surface area contributed by atoms with E-state index in [1.807, 2.05) is 0 Å². The van der Waals surface area contributed by atoms with Crippen molar-refractivity contribution in [2.45, 2.75) is 17.9 Å². The molecular weight excluding hydrogens is 444 g/mol. The first-order valence-electron chi connectivity index (χ1n) is 9.16. The molecule has 0 radical (unpaired) electrons. The molecule has 0 aliphatic carbocycles. The summed E-state index contributed by atoms with van der Waals surface area (Å²) in [4.78, 5) is 12.8. The summed E-state index contributed by atoms with van der Waals surface area (Å²) in [6.07, 6.45) is 2.10. The molecule has 0 fully saturated rings. The van der Waals surface area contributed by atoms with Crippen LogP contribution in [0.5, 0.6) is 11.5 Å². The van der Waals surface area contributed by atoms with E-state index < -0.39 is 38.4 Å². The minimum atomic E-state index is -3.82. The Morgan fingerprint density at radius 2 is 1.61 bits per heavy atom. The predicted octanol–water partition coefficient (Wildman–Crippen LogP) is 1.75. The van der Waals surface area contributed by atoms with Crippen molar-refractivity contribution in [1.29, 1.82) is 0 Å². The van der Waals surface area contributed by atoms with E-state index in [1.54, 1.807) is 31.2 Å². The summed E-state index contributed by atoms with van der Waals surface area (Å²) in [5, 5.41) is 2.73. The third kappa shape index (κ3) is 6.34. The monoisotopic (exact) mass is 470 g/mol. The molecule has 0 spiro atoms. The second-order valence-electron chi connectivity index (χ2n) is 6.94. The average Bonchev–Trinajstić information content (AvgIpc) is 2.70. The van der Waals surface area contributed by atoms with Gasteiger partial charge in [-0.3, -0.25) is 9.10 Å². The number of hydrogen-bond donors (Lipinski definition) is 1. The fourth-order valence-electron chi connectivity index (χ4n) is 2.88. The van der Waals surface area contributed by atoms with Crippen molar-refractivity contribution in [3.05, 3.63) is 48.0 Å². The zero-order valence-electron chi connectivity index (χ0n) is 17.9. The van der Waals surface area contributed by atoms with E-state index in [-0.39, 0.29) is 16.3 Å². The second-order valence-corrected chi connectivity index (χ2v) is 10.9. The Bertz CT molecular complexity index is 1140. The molecule has 170 valence electrons. The molecule has 11 heteroatoms. The Kier molecular flexibility index (Phi) is 7.55. The molecule has 0 saturated carbocycles. The normalized spacial score (nSPS) is 12.7. The summed E-state index contributed by atoms with van der Waals surface area (Å²) >= 11 is 0. The van der Waals surface area contributed by atoms with Gasteiger partial charge in [-0.25, -0.2) is 16.8 Å². The molecule has 0 saturated heterocycles. The standard InChI is InChI=1S/C20H26N2O7S2/c1-14(15-6-9-17(10-7-15)30(4,24)25)21-20(23)13-22(31(5,26)27)18-12-16(28-2)8-11-19(18)29-3/h6-12,14H,13H2,1-5H3,(H,21,23)/t14-/m1/s1. The molecule has 0 aromatic heterocycles. The van der Waals surface area contributed by atoms with Gasteiger partial charge in [0.15, 0.2) is 9.84 Å². The molecule has 0 unspecified atom stereocenters. The molecule has 0 bridgehead atoms. The first kappa shape index (κ1) is 24.5. The van der Waals surface area contributed by atoms with Gasteiger partial charge in [-0.1, -0.05) is 12.1 Å². The Hall–Kier alpha value is -2.79. The lowest BCUT2D eigenvalue weighted by Crippen LogP contribution is -2.41. The van der Waals surface area contributed by atoms with E-state index >= 15 is 0 Å². The lowest BCUT2D eigenvalue weighted by Gasteiger charge is -2.25. The van der Waals surface area contributed by atoms with E-state index in [1.165, 1.54) is 32.4 Å². The number of sulfonamides is 1. The van der Waals surface area contributed by atoms with E-state index in [9.17, 15) is 21.6 Å². The van der Waals surface area contributed by atoms with Crippen molar-refractivity contribution in [3.63, 3.8) is 0 Å². The number of ether oxygens (including phenoxy) is 2. The van der Waals surface area contributed by atoms with Crippen molar-refractivity contribution in [2.75, 3.05) is 37.6 Å². The fraction of sp³-hybridized carbons (Fsp3) is 0.350. The zero-order chi connectivity index (χ0) is 23.4. The quantitative estimate of drug-likeness (QED) is 0.593. The van der Waals surface area contributed by atoms with Gasteiger partial charge in [0.2, 0.25) is 15.9 Å². The number of anilines is 1. The number of carbonyl (C=O) groups excluding carboxylic acids is 1. The van der Waals surface area contributed by atoms with Crippen LogP contribution in [0.2, 0.25) is 0 Å². The van der Waals surface area contributed by atoms with Gasteiger partial charge >= 0.3 is 0 Å². The number of carbonyl (C=O) groups is 1. The Labute approximate surface area is 182 Å². The minimum Gasteiger partial charge on any atom is -0.497 e. The first-order chi connectivity index (χ1) is 14.4. The summed E-state index contributed by atoms with van der Waals surface area (Å²) in [7, 11) is -4.31. The highest BCUT2D eigenvalue weighted by Crippen LogP contribution is 2.33. The van der Waals surface area contributed by atoms with Crippen LogP contribution in [0.4, 0.5) is 5.69 Å². The number of hydrogen-bond acceptors (Lipinski definition) is 7. The van der Waals surface area contributed by atoms with E-state index in [0.29, 0.717) is 11.3 Å². The second kappa shape index (κ2) is 9.56. The van der Waals surface area contributed by atoms with Gasteiger partial charge in [0.1, 0.15) is 18.0 Å². The van der Waals surface area contributed by atoms with Crippen LogP contribution >= 0.6 is 0 Å². The van der Waals surface area contributed by atoms with Gasteiger partial charge < -0.3 is 14.8 Å². The van der Waals surface area contributed by atoms with Gasteiger partial charge in [0, 0.05) is 12.3 Å². The van der Waals surface area contributed by atoms with Gasteiger partial charge in [0.05, 0.1) is 37.1 Å². The summed E-state index contributed by atoms with van der Waals surface area (Å²) in [6, 6.07) is 10.3. The smallest absolute Gasteiger partial charge is 0.241 e. The van der Waals surface area contributed by atoms with Crippen LogP contribution < -0.4 is 19.1 Å². The summed E-state index contributed by atoms with van der Waals surface area (Å²) in [6.45, 7) is 1.23. The molecule has 9 nitrogen and oxygen atoms in total. The molecule has 2 rings (SSSR count). The number of amides is 1. The molecule has 0 aliphatic rings. The van der Waals surface area contributed by atoms with E-state index in [2.05, 4.69) is 5.32 Å². The maximum absolute atomic E-state index is 12.7. The molecular formula is C20H26N2O7S2. The van der Waals surface area contributed by atoms with Crippen molar-refractivity contribution >= 4 is 31.5 Å². The van der Waals surface area contributed by atoms with Crippen molar-refractivity contribution in [1.82, 2.24) is 5.32 Å². The highest BCUT2D eigenvalue weighted by Gasteiger charge is 2.25. The fourth-order valence-corrected chi connectivity index (χ4v) is 4.36. The molecule has 1 atom stereocenters. The largest absolute Gasteiger partial charge is 0.497 e. The Morgan fingerprint density at radius 3 is 2.10 bits per heavy atom. The van der Waals surface area contributed by atoms with Gasteiger partial charge in [-0.2, -0.15) is 0 Å². The summed E-state index contributed by atoms with van der Waals surface area (Å²) in [5.41, 5.74) is 0.843.